The van der Waals surface area contributed by atoms with Crippen LogP contribution in [0.4, 0.5) is 10.1 Å². The molecule has 0 saturated heterocycles. The lowest BCUT2D eigenvalue weighted by Gasteiger charge is -2.07. The molecule has 3 rings (SSSR count). The summed E-state index contributed by atoms with van der Waals surface area (Å²) in [4.78, 5) is 19.6. The third kappa shape index (κ3) is 3.88. The molecule has 8 heteroatoms. The van der Waals surface area contributed by atoms with E-state index in [1.54, 1.807) is 30.6 Å². The van der Waals surface area contributed by atoms with Crippen LogP contribution in [0.2, 0.25) is 0 Å². The molecule has 0 aliphatic heterocycles. The minimum Gasteiger partial charge on any atom is -0.421 e. The van der Waals surface area contributed by atoms with Crippen LogP contribution in [0.5, 0.6) is 11.8 Å². The van der Waals surface area contributed by atoms with Crippen molar-refractivity contribution < 1.29 is 13.9 Å². The summed E-state index contributed by atoms with van der Waals surface area (Å²) >= 11 is 0. The highest BCUT2D eigenvalue weighted by atomic mass is 19.1. The lowest BCUT2D eigenvalue weighted by atomic mass is 10.3. The molecule has 0 aliphatic carbocycles. The van der Waals surface area contributed by atoms with Gasteiger partial charge in [0.1, 0.15) is 6.54 Å². The number of carbonyl (C=O) groups excluding carboxylic acids is 1. The van der Waals surface area contributed by atoms with Crippen molar-refractivity contribution in [3.8, 4) is 11.8 Å². The van der Waals surface area contributed by atoms with Gasteiger partial charge < -0.3 is 10.1 Å². The molecule has 0 radical (unpaired) electrons. The normalized spacial score (nSPS) is 10.3. The zero-order valence-corrected chi connectivity index (χ0v) is 11.9. The molecule has 2 aromatic heterocycles. The van der Waals surface area contributed by atoms with E-state index in [0.29, 0.717) is 5.69 Å². The molecule has 1 N–H and O–H groups in total. The first kappa shape index (κ1) is 14.6. The van der Waals surface area contributed by atoms with Crippen molar-refractivity contribution in [1.29, 1.82) is 0 Å². The van der Waals surface area contributed by atoms with E-state index in [-0.39, 0.29) is 24.2 Å². The molecule has 1 amide bonds. The summed E-state index contributed by atoms with van der Waals surface area (Å²) < 4.78 is 20.2. The molecule has 0 unspecified atom stereocenters. The highest BCUT2D eigenvalue weighted by Gasteiger charge is 2.07. The third-order valence-corrected chi connectivity index (χ3v) is 2.81. The number of benzene rings is 1. The van der Waals surface area contributed by atoms with Crippen LogP contribution in [0.3, 0.4) is 0 Å². The van der Waals surface area contributed by atoms with Gasteiger partial charge >= 0.3 is 6.01 Å². The van der Waals surface area contributed by atoms with Crippen molar-refractivity contribution in [1.82, 2.24) is 19.7 Å². The second-order valence-electron chi connectivity index (χ2n) is 4.54. The number of aromatic nitrogens is 4. The van der Waals surface area contributed by atoms with Gasteiger partial charge in [-0.05, 0) is 18.2 Å². The number of halogens is 1. The molecule has 0 atom stereocenters. The Labute approximate surface area is 130 Å². The molecule has 0 spiro atoms. The standard InChI is InChI=1S/C15H12FN5O2/c16-12-4-1-2-5-13(12)23-15-17-8-11(9-18-15)20-14(22)10-21-7-3-6-19-21/h1-9H,10H2,(H,20,22). The minimum absolute atomic E-state index is 0.0137. The van der Waals surface area contributed by atoms with Gasteiger partial charge in [-0.25, -0.2) is 14.4 Å². The van der Waals surface area contributed by atoms with E-state index >= 15 is 0 Å². The summed E-state index contributed by atoms with van der Waals surface area (Å²) in [5, 5.41) is 6.56. The Morgan fingerprint density at radius 2 is 2.00 bits per heavy atom. The van der Waals surface area contributed by atoms with Gasteiger partial charge in [0.2, 0.25) is 5.91 Å². The fraction of sp³-hybridized carbons (Fsp3) is 0.0667. The first-order chi connectivity index (χ1) is 11.2. The summed E-state index contributed by atoms with van der Waals surface area (Å²) in [6.07, 6.45) is 6.03. The number of rotatable bonds is 5. The lowest BCUT2D eigenvalue weighted by Crippen LogP contribution is -2.19. The number of anilines is 1. The maximum absolute atomic E-state index is 13.5. The van der Waals surface area contributed by atoms with E-state index in [4.69, 9.17) is 4.74 Å². The molecule has 7 nitrogen and oxygen atoms in total. The predicted molar refractivity (Wildman–Crippen MR) is 79.4 cm³/mol. The molecule has 0 aliphatic rings. The van der Waals surface area contributed by atoms with Crippen molar-refractivity contribution in [2.75, 3.05) is 5.32 Å². The van der Waals surface area contributed by atoms with Crippen LogP contribution < -0.4 is 10.1 Å². The number of para-hydroxylation sites is 1. The van der Waals surface area contributed by atoms with Crippen molar-refractivity contribution in [3.05, 3.63) is 60.9 Å². The monoisotopic (exact) mass is 313 g/mol. The Hall–Kier alpha value is -3.29. The summed E-state index contributed by atoms with van der Waals surface area (Å²) in [6, 6.07) is 7.66. The SMILES string of the molecule is O=C(Cn1cccn1)Nc1cnc(Oc2ccccc2F)nc1. The van der Waals surface area contributed by atoms with E-state index < -0.39 is 5.82 Å². The van der Waals surface area contributed by atoms with Gasteiger partial charge in [0.15, 0.2) is 11.6 Å². The van der Waals surface area contributed by atoms with Crippen molar-refractivity contribution in [3.63, 3.8) is 0 Å². The molecule has 3 aromatic rings. The second-order valence-corrected chi connectivity index (χ2v) is 4.54. The van der Waals surface area contributed by atoms with Gasteiger partial charge in [-0.1, -0.05) is 12.1 Å². The van der Waals surface area contributed by atoms with Crippen LogP contribution in [0.25, 0.3) is 0 Å². The van der Waals surface area contributed by atoms with Gasteiger partial charge in [0.25, 0.3) is 0 Å². The fourth-order valence-corrected chi connectivity index (χ4v) is 1.80. The van der Waals surface area contributed by atoms with Crippen LogP contribution in [0, 0.1) is 5.82 Å². The molecule has 0 fully saturated rings. The quantitative estimate of drug-likeness (QED) is 0.781. The largest absolute Gasteiger partial charge is 0.421 e. The van der Waals surface area contributed by atoms with Gasteiger partial charge in [0, 0.05) is 12.4 Å². The summed E-state index contributed by atoms with van der Waals surface area (Å²) in [7, 11) is 0. The fourth-order valence-electron chi connectivity index (χ4n) is 1.80. The molecule has 0 saturated carbocycles. The Balaban J connectivity index is 1.61. The zero-order chi connectivity index (χ0) is 16.1. The minimum atomic E-state index is -0.507. The van der Waals surface area contributed by atoms with Gasteiger partial charge in [-0.15, -0.1) is 0 Å². The Morgan fingerprint density at radius 1 is 1.22 bits per heavy atom. The number of amides is 1. The number of nitrogens with zero attached hydrogens (tertiary/aromatic N) is 4. The number of carbonyl (C=O) groups is 1. The van der Waals surface area contributed by atoms with Crippen LogP contribution >= 0.6 is 0 Å². The smallest absolute Gasteiger partial charge is 0.322 e. The molecular weight excluding hydrogens is 301 g/mol. The van der Waals surface area contributed by atoms with E-state index in [9.17, 15) is 9.18 Å². The molecule has 116 valence electrons. The highest BCUT2D eigenvalue weighted by Crippen LogP contribution is 2.21. The van der Waals surface area contributed by atoms with Crippen LogP contribution in [-0.4, -0.2) is 25.7 Å². The van der Waals surface area contributed by atoms with E-state index in [1.165, 1.54) is 29.2 Å². The Kier molecular flexibility index (Phi) is 4.23. The van der Waals surface area contributed by atoms with Crippen LogP contribution in [-0.2, 0) is 11.3 Å². The lowest BCUT2D eigenvalue weighted by molar-refractivity contribution is -0.116. The first-order valence-electron chi connectivity index (χ1n) is 6.72. The highest BCUT2D eigenvalue weighted by molar-refractivity contribution is 5.90. The van der Waals surface area contributed by atoms with E-state index in [1.807, 2.05) is 0 Å². The average molecular weight is 313 g/mol. The van der Waals surface area contributed by atoms with Crippen molar-refractivity contribution in [2.45, 2.75) is 6.54 Å². The number of nitrogens with one attached hydrogen (secondary N) is 1. The summed E-state index contributed by atoms with van der Waals surface area (Å²) in [6.45, 7) is 0.0838. The maximum atomic E-state index is 13.5. The summed E-state index contributed by atoms with van der Waals surface area (Å²) in [5.41, 5.74) is 0.406. The van der Waals surface area contributed by atoms with E-state index in [2.05, 4.69) is 20.4 Å². The Morgan fingerprint density at radius 3 is 2.70 bits per heavy atom. The van der Waals surface area contributed by atoms with Crippen LogP contribution in [0.15, 0.2) is 55.1 Å². The first-order valence-corrected chi connectivity index (χ1v) is 6.72. The second kappa shape index (κ2) is 6.65. The summed E-state index contributed by atoms with van der Waals surface area (Å²) in [5.74, 6) is -0.740. The van der Waals surface area contributed by atoms with E-state index in [0.717, 1.165) is 0 Å². The van der Waals surface area contributed by atoms with Gasteiger partial charge in [0.05, 0.1) is 18.1 Å². The number of ether oxygens (including phenoxy) is 1. The zero-order valence-electron chi connectivity index (χ0n) is 11.9. The molecular formula is C15H12FN5O2. The van der Waals surface area contributed by atoms with Crippen LogP contribution in [0.1, 0.15) is 0 Å². The third-order valence-electron chi connectivity index (χ3n) is 2.81. The maximum Gasteiger partial charge on any atom is 0.322 e. The average Bonchev–Trinajstić information content (AvgIpc) is 3.04. The predicted octanol–water partition coefficient (Wildman–Crippen LogP) is 2.24. The van der Waals surface area contributed by atoms with Gasteiger partial charge in [-0.3, -0.25) is 9.48 Å². The van der Waals surface area contributed by atoms with Crippen molar-refractivity contribution >= 4 is 11.6 Å². The van der Waals surface area contributed by atoms with Gasteiger partial charge in [-0.2, -0.15) is 5.10 Å². The number of hydrogen-bond donors (Lipinski definition) is 1. The molecule has 23 heavy (non-hydrogen) atoms. The molecule has 1 aromatic carbocycles. The Bertz CT molecular complexity index is 790. The topological polar surface area (TPSA) is 81.9 Å². The molecule has 2 heterocycles. The number of hydrogen-bond acceptors (Lipinski definition) is 5. The molecule has 0 bridgehead atoms. The van der Waals surface area contributed by atoms with Crippen molar-refractivity contribution in [2.24, 2.45) is 0 Å².